The molecule has 2 nitrogen and oxygen atoms in total. The lowest BCUT2D eigenvalue weighted by Crippen LogP contribution is -2.55. The van der Waals surface area contributed by atoms with Gasteiger partial charge in [-0.25, -0.2) is 0 Å². The van der Waals surface area contributed by atoms with Crippen LogP contribution in [0.5, 0.6) is 0 Å². The van der Waals surface area contributed by atoms with Crippen LogP contribution in [0.2, 0.25) is 5.02 Å². The molecule has 0 amide bonds. The van der Waals surface area contributed by atoms with E-state index in [9.17, 15) is 9.90 Å². The fourth-order valence-electron chi connectivity index (χ4n) is 4.19. The highest BCUT2D eigenvalue weighted by atomic mass is 35.5. The van der Waals surface area contributed by atoms with Gasteiger partial charge < -0.3 is 5.11 Å². The average Bonchev–Trinajstić information content (AvgIpc) is 2.37. The van der Waals surface area contributed by atoms with Gasteiger partial charge >= 0.3 is 5.97 Å². The van der Waals surface area contributed by atoms with Crippen molar-refractivity contribution in [3.63, 3.8) is 0 Å². The summed E-state index contributed by atoms with van der Waals surface area (Å²) in [6.45, 7) is 0. The van der Waals surface area contributed by atoms with Crippen molar-refractivity contribution < 1.29 is 9.90 Å². The van der Waals surface area contributed by atoms with Gasteiger partial charge in [0.05, 0.1) is 5.41 Å². The van der Waals surface area contributed by atoms with Gasteiger partial charge in [-0.15, -0.1) is 0 Å². The molecule has 2 aliphatic rings. The standard InChI is InChI=1S/C16H19ClO2/c17-13-7-3-2-6-12(13)16(14(18)19)10-15(11-16)8-4-1-5-9-15/h2-3,6-7H,1,4-5,8-11H2,(H,18,19). The van der Waals surface area contributed by atoms with Crippen molar-refractivity contribution in [3.8, 4) is 0 Å². The molecule has 1 aromatic carbocycles. The Labute approximate surface area is 118 Å². The summed E-state index contributed by atoms with van der Waals surface area (Å²) in [5.41, 5.74) is 0.339. The first-order chi connectivity index (χ1) is 9.08. The van der Waals surface area contributed by atoms with Crippen LogP contribution in [0, 0.1) is 5.41 Å². The molecule has 0 saturated heterocycles. The second kappa shape index (κ2) is 4.52. The number of carboxylic acids is 1. The normalized spacial score (nSPS) is 23.8. The van der Waals surface area contributed by atoms with E-state index in [-0.39, 0.29) is 5.41 Å². The van der Waals surface area contributed by atoms with Gasteiger partial charge in [0.15, 0.2) is 0 Å². The Balaban J connectivity index is 1.92. The first-order valence-corrected chi connectivity index (χ1v) is 7.44. The second-order valence-electron chi connectivity index (χ2n) is 6.28. The lowest BCUT2D eigenvalue weighted by Gasteiger charge is -2.56. The van der Waals surface area contributed by atoms with E-state index in [0.29, 0.717) is 5.02 Å². The van der Waals surface area contributed by atoms with E-state index in [0.717, 1.165) is 18.4 Å². The first kappa shape index (κ1) is 13.0. The van der Waals surface area contributed by atoms with Gasteiger partial charge in [-0.1, -0.05) is 49.1 Å². The van der Waals surface area contributed by atoms with E-state index in [2.05, 4.69) is 0 Å². The molecule has 0 heterocycles. The minimum absolute atomic E-state index is 0.274. The molecule has 2 aliphatic carbocycles. The van der Waals surface area contributed by atoms with Crippen LogP contribution in [0.25, 0.3) is 0 Å². The number of benzene rings is 1. The van der Waals surface area contributed by atoms with Crippen LogP contribution in [0.3, 0.4) is 0 Å². The summed E-state index contributed by atoms with van der Waals surface area (Å²) in [4.78, 5) is 11.8. The summed E-state index contributed by atoms with van der Waals surface area (Å²) in [6.07, 6.45) is 7.70. The average molecular weight is 279 g/mol. The Bertz CT molecular complexity index is 495. The summed E-state index contributed by atoms with van der Waals surface area (Å²) < 4.78 is 0. The zero-order chi connectivity index (χ0) is 13.5. The predicted molar refractivity (Wildman–Crippen MR) is 75.5 cm³/mol. The van der Waals surface area contributed by atoms with E-state index < -0.39 is 11.4 Å². The van der Waals surface area contributed by atoms with Crippen LogP contribution < -0.4 is 0 Å². The number of hydrogen-bond acceptors (Lipinski definition) is 1. The molecule has 0 radical (unpaired) electrons. The minimum atomic E-state index is -0.740. The van der Waals surface area contributed by atoms with Crippen molar-refractivity contribution in [2.75, 3.05) is 0 Å². The fraction of sp³-hybridized carbons (Fsp3) is 0.562. The molecule has 19 heavy (non-hydrogen) atoms. The maximum atomic E-state index is 11.8. The molecular weight excluding hydrogens is 260 g/mol. The molecule has 0 atom stereocenters. The molecular formula is C16H19ClO2. The number of carboxylic acid groups (broad SMARTS) is 1. The lowest BCUT2D eigenvalue weighted by molar-refractivity contribution is -0.156. The summed E-state index contributed by atoms with van der Waals surface area (Å²) in [5, 5.41) is 10.3. The van der Waals surface area contributed by atoms with Gasteiger partial charge in [-0.05, 0) is 42.7 Å². The van der Waals surface area contributed by atoms with Crippen LogP contribution in [-0.4, -0.2) is 11.1 Å². The molecule has 2 saturated carbocycles. The Morgan fingerprint density at radius 2 is 1.74 bits per heavy atom. The van der Waals surface area contributed by atoms with Crippen LogP contribution in [0.4, 0.5) is 0 Å². The molecule has 1 spiro atoms. The van der Waals surface area contributed by atoms with Crippen molar-refractivity contribution >= 4 is 17.6 Å². The highest BCUT2D eigenvalue weighted by Gasteiger charge is 2.60. The SMILES string of the molecule is O=C(O)C1(c2ccccc2Cl)CC2(CCCCC2)C1. The molecule has 102 valence electrons. The summed E-state index contributed by atoms with van der Waals surface area (Å²) >= 11 is 6.23. The van der Waals surface area contributed by atoms with Gasteiger partial charge in [0, 0.05) is 5.02 Å². The summed E-state index contributed by atoms with van der Waals surface area (Å²) in [5.74, 6) is -0.711. The van der Waals surface area contributed by atoms with Crippen LogP contribution in [-0.2, 0) is 10.2 Å². The van der Waals surface area contributed by atoms with Crippen molar-refractivity contribution in [2.45, 2.75) is 50.4 Å². The van der Waals surface area contributed by atoms with Gasteiger partial charge in [0.1, 0.15) is 0 Å². The Kier molecular flexibility index (Phi) is 3.09. The summed E-state index contributed by atoms with van der Waals surface area (Å²) in [7, 11) is 0. The number of halogens is 1. The topological polar surface area (TPSA) is 37.3 Å². The zero-order valence-electron chi connectivity index (χ0n) is 11.0. The Hall–Kier alpha value is -1.02. The van der Waals surface area contributed by atoms with Gasteiger partial charge in [-0.3, -0.25) is 4.79 Å². The Morgan fingerprint density at radius 3 is 2.32 bits per heavy atom. The largest absolute Gasteiger partial charge is 0.481 e. The maximum absolute atomic E-state index is 11.8. The third-order valence-corrected chi connectivity index (χ3v) is 5.40. The Morgan fingerprint density at radius 1 is 1.11 bits per heavy atom. The fourth-order valence-corrected chi connectivity index (χ4v) is 4.51. The van der Waals surface area contributed by atoms with E-state index in [1.807, 2.05) is 18.2 Å². The summed E-state index contributed by atoms with van der Waals surface area (Å²) in [6, 6.07) is 7.42. The molecule has 1 aromatic rings. The molecule has 3 heteroatoms. The van der Waals surface area contributed by atoms with Gasteiger partial charge in [-0.2, -0.15) is 0 Å². The molecule has 3 rings (SSSR count). The van der Waals surface area contributed by atoms with E-state index in [4.69, 9.17) is 11.6 Å². The number of carbonyl (C=O) groups is 1. The molecule has 0 aliphatic heterocycles. The smallest absolute Gasteiger partial charge is 0.314 e. The number of hydrogen-bond donors (Lipinski definition) is 1. The van der Waals surface area contributed by atoms with Gasteiger partial charge in [0.2, 0.25) is 0 Å². The number of rotatable bonds is 2. The van der Waals surface area contributed by atoms with E-state index in [1.54, 1.807) is 6.07 Å². The van der Waals surface area contributed by atoms with Crippen LogP contribution >= 0.6 is 11.6 Å². The van der Waals surface area contributed by atoms with Crippen molar-refractivity contribution in [1.82, 2.24) is 0 Å². The quantitative estimate of drug-likeness (QED) is 0.870. The lowest BCUT2D eigenvalue weighted by atomic mass is 9.46. The van der Waals surface area contributed by atoms with E-state index >= 15 is 0 Å². The highest BCUT2D eigenvalue weighted by molar-refractivity contribution is 6.31. The third kappa shape index (κ3) is 1.97. The van der Waals surface area contributed by atoms with Gasteiger partial charge in [0.25, 0.3) is 0 Å². The maximum Gasteiger partial charge on any atom is 0.314 e. The molecule has 0 bridgehead atoms. The van der Waals surface area contributed by atoms with Crippen molar-refractivity contribution in [1.29, 1.82) is 0 Å². The third-order valence-electron chi connectivity index (χ3n) is 5.07. The van der Waals surface area contributed by atoms with Crippen LogP contribution in [0.15, 0.2) is 24.3 Å². The minimum Gasteiger partial charge on any atom is -0.481 e. The zero-order valence-corrected chi connectivity index (χ0v) is 11.7. The second-order valence-corrected chi connectivity index (χ2v) is 6.69. The van der Waals surface area contributed by atoms with Crippen molar-refractivity contribution in [2.24, 2.45) is 5.41 Å². The monoisotopic (exact) mass is 278 g/mol. The molecule has 2 fully saturated rings. The van der Waals surface area contributed by atoms with E-state index in [1.165, 1.54) is 32.1 Å². The molecule has 0 unspecified atom stereocenters. The molecule has 1 N–H and O–H groups in total. The van der Waals surface area contributed by atoms with Crippen molar-refractivity contribution in [3.05, 3.63) is 34.9 Å². The highest BCUT2D eigenvalue weighted by Crippen LogP contribution is 2.62. The molecule has 0 aromatic heterocycles. The van der Waals surface area contributed by atoms with Crippen LogP contribution in [0.1, 0.15) is 50.5 Å². The predicted octanol–water partition coefficient (Wildman–Crippen LogP) is 4.41. The number of aliphatic carboxylic acids is 1. The first-order valence-electron chi connectivity index (χ1n) is 7.07.